The van der Waals surface area contributed by atoms with Crippen molar-refractivity contribution in [1.82, 2.24) is 4.90 Å². The summed E-state index contributed by atoms with van der Waals surface area (Å²) in [5, 5.41) is 10.1. The molecule has 1 heterocycles. The lowest BCUT2D eigenvalue weighted by Crippen LogP contribution is -2.44. The van der Waals surface area contributed by atoms with E-state index in [4.69, 9.17) is 17.3 Å². The van der Waals surface area contributed by atoms with Crippen LogP contribution in [0.25, 0.3) is 0 Å². The number of hydrogen-bond acceptors (Lipinski definition) is 3. The molecule has 4 nitrogen and oxygen atoms in total. The van der Waals surface area contributed by atoms with Crippen LogP contribution in [-0.2, 0) is 0 Å². The molecule has 5 heteroatoms. The number of benzene rings is 1. The largest absolute Gasteiger partial charge is 0.399 e. The average molecular weight is 269 g/mol. The Balaban J connectivity index is 2.16. The zero-order valence-electron chi connectivity index (χ0n) is 10.3. The summed E-state index contributed by atoms with van der Waals surface area (Å²) in [7, 11) is 0. The summed E-state index contributed by atoms with van der Waals surface area (Å²) in [6.07, 6.45) is 0.293. The van der Waals surface area contributed by atoms with E-state index in [9.17, 15) is 9.90 Å². The third kappa shape index (κ3) is 2.76. The first kappa shape index (κ1) is 13.2. The van der Waals surface area contributed by atoms with Gasteiger partial charge in [-0.15, -0.1) is 0 Å². The van der Waals surface area contributed by atoms with Gasteiger partial charge in [-0.25, -0.2) is 0 Å². The van der Waals surface area contributed by atoms with Crippen LogP contribution < -0.4 is 5.73 Å². The SMILES string of the molecule is CC1CN(C(=O)c2cc(N)cc(Cl)c2)CCC1O. The van der Waals surface area contributed by atoms with Gasteiger partial charge in [-0.05, 0) is 30.5 Å². The maximum atomic E-state index is 12.3. The maximum Gasteiger partial charge on any atom is 0.253 e. The number of aliphatic hydroxyl groups is 1. The molecule has 3 N–H and O–H groups in total. The highest BCUT2D eigenvalue weighted by Crippen LogP contribution is 2.22. The summed E-state index contributed by atoms with van der Waals surface area (Å²) in [5.41, 5.74) is 6.67. The molecule has 1 aliphatic heterocycles. The molecule has 98 valence electrons. The van der Waals surface area contributed by atoms with Gasteiger partial charge in [0, 0.05) is 29.4 Å². The first-order valence-corrected chi connectivity index (χ1v) is 6.38. The fourth-order valence-corrected chi connectivity index (χ4v) is 2.48. The molecular formula is C13H17ClN2O2. The third-order valence-electron chi connectivity index (χ3n) is 3.31. The first-order chi connectivity index (χ1) is 8.47. The number of rotatable bonds is 1. The second kappa shape index (κ2) is 5.16. The molecule has 1 aromatic rings. The van der Waals surface area contributed by atoms with Gasteiger partial charge in [-0.1, -0.05) is 18.5 Å². The zero-order valence-corrected chi connectivity index (χ0v) is 11.0. The minimum Gasteiger partial charge on any atom is -0.399 e. The summed E-state index contributed by atoms with van der Waals surface area (Å²) < 4.78 is 0. The first-order valence-electron chi connectivity index (χ1n) is 6.01. The number of carbonyl (C=O) groups excluding carboxylic acids is 1. The van der Waals surface area contributed by atoms with Gasteiger partial charge < -0.3 is 15.7 Å². The predicted molar refractivity (Wildman–Crippen MR) is 71.6 cm³/mol. The summed E-state index contributed by atoms with van der Waals surface area (Å²) in [4.78, 5) is 14.0. The van der Waals surface area contributed by atoms with Crippen molar-refractivity contribution in [1.29, 1.82) is 0 Å². The van der Waals surface area contributed by atoms with Gasteiger partial charge in [0.15, 0.2) is 0 Å². The van der Waals surface area contributed by atoms with Gasteiger partial charge in [0.1, 0.15) is 0 Å². The number of nitrogen functional groups attached to an aromatic ring is 1. The molecule has 1 aromatic carbocycles. The van der Waals surface area contributed by atoms with Crippen LogP contribution in [0.15, 0.2) is 18.2 Å². The molecule has 0 aromatic heterocycles. The molecule has 1 saturated heterocycles. The van der Waals surface area contributed by atoms with E-state index in [2.05, 4.69) is 0 Å². The Kier molecular flexibility index (Phi) is 3.78. The quantitative estimate of drug-likeness (QED) is 0.763. The molecule has 1 amide bonds. The van der Waals surface area contributed by atoms with Crippen molar-refractivity contribution in [3.05, 3.63) is 28.8 Å². The second-order valence-electron chi connectivity index (χ2n) is 4.86. The van der Waals surface area contributed by atoms with Crippen molar-refractivity contribution in [2.24, 2.45) is 5.92 Å². The van der Waals surface area contributed by atoms with Gasteiger partial charge in [-0.3, -0.25) is 4.79 Å². The molecule has 0 spiro atoms. The molecule has 1 aliphatic rings. The van der Waals surface area contributed by atoms with Crippen molar-refractivity contribution in [2.45, 2.75) is 19.4 Å². The number of carbonyl (C=O) groups is 1. The number of nitrogens with two attached hydrogens (primary N) is 1. The van der Waals surface area contributed by atoms with Gasteiger partial charge in [0.05, 0.1) is 6.10 Å². The molecule has 1 fully saturated rings. The Bertz CT molecular complexity index is 444. The van der Waals surface area contributed by atoms with E-state index in [0.29, 0.717) is 35.8 Å². The Morgan fingerprint density at radius 3 is 2.83 bits per heavy atom. The number of likely N-dealkylation sites (tertiary alicyclic amines) is 1. The normalized spacial score (nSPS) is 24.1. The van der Waals surface area contributed by atoms with Crippen LogP contribution in [0, 0.1) is 5.92 Å². The van der Waals surface area contributed by atoms with Crippen molar-refractivity contribution >= 4 is 23.2 Å². The Morgan fingerprint density at radius 1 is 1.50 bits per heavy atom. The van der Waals surface area contributed by atoms with E-state index in [1.807, 2.05) is 6.92 Å². The van der Waals surface area contributed by atoms with Crippen molar-refractivity contribution in [3.63, 3.8) is 0 Å². The molecule has 18 heavy (non-hydrogen) atoms. The standard InChI is InChI=1S/C13H17ClN2O2/c1-8-7-16(3-2-12(8)17)13(18)9-4-10(14)6-11(15)5-9/h4-6,8,12,17H,2-3,7,15H2,1H3. The van der Waals surface area contributed by atoms with E-state index >= 15 is 0 Å². The third-order valence-corrected chi connectivity index (χ3v) is 3.53. The topological polar surface area (TPSA) is 66.6 Å². The van der Waals surface area contributed by atoms with Gasteiger partial charge in [0.25, 0.3) is 5.91 Å². The summed E-state index contributed by atoms with van der Waals surface area (Å²) in [5.74, 6) is 0.0159. The van der Waals surface area contributed by atoms with Crippen LogP contribution in [0.1, 0.15) is 23.7 Å². The molecule has 0 saturated carbocycles. The highest BCUT2D eigenvalue weighted by atomic mass is 35.5. The van der Waals surface area contributed by atoms with Crippen molar-refractivity contribution in [3.8, 4) is 0 Å². The number of nitrogens with zero attached hydrogens (tertiary/aromatic N) is 1. The van der Waals surface area contributed by atoms with E-state index in [0.717, 1.165) is 0 Å². The van der Waals surface area contributed by atoms with Gasteiger partial charge in [-0.2, -0.15) is 0 Å². The molecule has 0 radical (unpaired) electrons. The van der Waals surface area contributed by atoms with Crippen LogP contribution in [0.3, 0.4) is 0 Å². The Morgan fingerprint density at radius 2 is 2.22 bits per heavy atom. The Labute approximate surface area is 111 Å². The molecule has 2 rings (SSSR count). The van der Waals surface area contributed by atoms with E-state index in [1.165, 1.54) is 0 Å². The van der Waals surface area contributed by atoms with E-state index in [1.54, 1.807) is 23.1 Å². The Hall–Kier alpha value is -1.26. The van der Waals surface area contributed by atoms with Crippen molar-refractivity contribution in [2.75, 3.05) is 18.8 Å². The summed E-state index contributed by atoms with van der Waals surface area (Å²) in [6.45, 7) is 3.07. The van der Waals surface area contributed by atoms with Crippen LogP contribution >= 0.6 is 11.6 Å². The van der Waals surface area contributed by atoms with Crippen LogP contribution in [0.4, 0.5) is 5.69 Å². The van der Waals surface area contributed by atoms with E-state index < -0.39 is 0 Å². The maximum absolute atomic E-state index is 12.3. The number of amides is 1. The monoisotopic (exact) mass is 268 g/mol. The molecule has 0 bridgehead atoms. The fourth-order valence-electron chi connectivity index (χ4n) is 2.24. The highest BCUT2D eigenvalue weighted by molar-refractivity contribution is 6.31. The lowest BCUT2D eigenvalue weighted by molar-refractivity contribution is 0.0297. The lowest BCUT2D eigenvalue weighted by atomic mass is 9.96. The van der Waals surface area contributed by atoms with E-state index in [-0.39, 0.29) is 17.9 Å². The minimum atomic E-state index is -0.321. The van der Waals surface area contributed by atoms with Crippen LogP contribution in [0.2, 0.25) is 5.02 Å². The van der Waals surface area contributed by atoms with Crippen molar-refractivity contribution < 1.29 is 9.90 Å². The lowest BCUT2D eigenvalue weighted by Gasteiger charge is -2.34. The molecule has 0 aliphatic carbocycles. The molecule has 2 atom stereocenters. The van der Waals surface area contributed by atoms with Crippen LogP contribution in [-0.4, -0.2) is 35.1 Å². The predicted octanol–water partition coefficient (Wildman–Crippen LogP) is 1.77. The second-order valence-corrected chi connectivity index (χ2v) is 5.29. The average Bonchev–Trinajstić information content (AvgIpc) is 2.30. The van der Waals surface area contributed by atoms with Gasteiger partial charge >= 0.3 is 0 Å². The summed E-state index contributed by atoms with van der Waals surface area (Å²) in [6, 6.07) is 4.86. The highest BCUT2D eigenvalue weighted by Gasteiger charge is 2.27. The smallest absolute Gasteiger partial charge is 0.253 e. The number of halogens is 1. The zero-order chi connectivity index (χ0) is 13.3. The number of aliphatic hydroxyl groups excluding tert-OH is 1. The molecule has 2 unspecified atom stereocenters. The van der Waals surface area contributed by atoms with Gasteiger partial charge in [0.2, 0.25) is 0 Å². The van der Waals surface area contributed by atoms with Crippen LogP contribution in [0.5, 0.6) is 0 Å². The number of anilines is 1. The minimum absolute atomic E-state index is 0.0806. The number of hydrogen-bond donors (Lipinski definition) is 2. The number of piperidine rings is 1. The summed E-state index contributed by atoms with van der Waals surface area (Å²) >= 11 is 5.89. The molecular weight excluding hydrogens is 252 g/mol. The fraction of sp³-hybridized carbons (Fsp3) is 0.462.